The molecule has 0 bridgehead atoms. The maximum Gasteiger partial charge on any atom is 0.273 e. The number of amides is 1. The molecule has 1 amide bonds. The van der Waals surface area contributed by atoms with Crippen molar-refractivity contribution < 1.29 is 13.2 Å². The molecule has 1 aromatic carbocycles. The molecule has 1 aliphatic rings. The third-order valence-electron chi connectivity index (χ3n) is 4.57. The lowest BCUT2D eigenvalue weighted by molar-refractivity contribution is 0.0693. The molecule has 0 N–H and O–H groups in total. The van der Waals surface area contributed by atoms with Gasteiger partial charge in [0.1, 0.15) is 10.7 Å². The van der Waals surface area contributed by atoms with Crippen molar-refractivity contribution in [3.8, 4) is 9.88 Å². The molecule has 1 saturated heterocycles. The minimum absolute atomic E-state index is 0.152. The summed E-state index contributed by atoms with van der Waals surface area (Å²) in [4.78, 5) is 19.9. The van der Waals surface area contributed by atoms with Crippen LogP contribution in [0.5, 0.6) is 0 Å². The molecule has 29 heavy (non-hydrogen) atoms. The first kappa shape index (κ1) is 20.0. The summed E-state index contributed by atoms with van der Waals surface area (Å²) in [7, 11) is -3.52. The molecule has 1 fully saturated rings. The van der Waals surface area contributed by atoms with E-state index in [1.165, 1.54) is 21.1 Å². The van der Waals surface area contributed by atoms with Gasteiger partial charge in [-0.15, -0.1) is 22.7 Å². The highest BCUT2D eigenvalue weighted by Crippen LogP contribution is 2.28. The highest BCUT2D eigenvalue weighted by atomic mass is 32.2. The molecule has 0 spiro atoms. The van der Waals surface area contributed by atoms with Crippen molar-refractivity contribution in [2.45, 2.75) is 0 Å². The lowest BCUT2D eigenvalue weighted by Gasteiger charge is -2.33. The van der Waals surface area contributed by atoms with Crippen LogP contribution in [0.4, 0.5) is 0 Å². The number of aromatic nitrogens is 1. The first-order valence-corrected chi connectivity index (χ1v) is 12.3. The molecule has 3 heterocycles. The summed E-state index contributed by atoms with van der Waals surface area (Å²) in [5.41, 5.74) is 1.24. The Kier molecular flexibility index (Phi) is 5.91. The average molecular weight is 446 g/mol. The van der Waals surface area contributed by atoms with E-state index in [-0.39, 0.29) is 19.0 Å². The third kappa shape index (κ3) is 4.64. The summed E-state index contributed by atoms with van der Waals surface area (Å²) < 4.78 is 26.5. The van der Waals surface area contributed by atoms with E-state index < -0.39 is 10.0 Å². The Hall–Kier alpha value is -2.33. The Morgan fingerprint density at radius 2 is 1.76 bits per heavy atom. The van der Waals surface area contributed by atoms with Gasteiger partial charge in [-0.2, -0.15) is 4.31 Å². The van der Waals surface area contributed by atoms with Gasteiger partial charge in [0.05, 0.1) is 4.88 Å². The van der Waals surface area contributed by atoms with E-state index >= 15 is 0 Å². The molecule has 0 saturated carbocycles. The fourth-order valence-corrected chi connectivity index (χ4v) is 5.79. The topological polar surface area (TPSA) is 70.6 Å². The van der Waals surface area contributed by atoms with Gasteiger partial charge in [-0.05, 0) is 23.1 Å². The number of thiophene rings is 1. The summed E-state index contributed by atoms with van der Waals surface area (Å²) in [6.45, 7) is 1.25. The number of nitrogens with zero attached hydrogens (tertiary/aromatic N) is 3. The largest absolute Gasteiger partial charge is 0.335 e. The molecule has 9 heteroatoms. The van der Waals surface area contributed by atoms with Crippen LogP contribution < -0.4 is 0 Å². The first-order chi connectivity index (χ1) is 14.0. The summed E-state index contributed by atoms with van der Waals surface area (Å²) in [6, 6.07) is 13.2. The van der Waals surface area contributed by atoms with Crippen molar-refractivity contribution in [2.24, 2.45) is 0 Å². The van der Waals surface area contributed by atoms with E-state index in [9.17, 15) is 13.2 Å². The van der Waals surface area contributed by atoms with Gasteiger partial charge in [-0.1, -0.05) is 36.4 Å². The van der Waals surface area contributed by atoms with Gasteiger partial charge in [-0.3, -0.25) is 4.79 Å². The maximum absolute atomic E-state index is 12.7. The number of sulfonamides is 1. The SMILES string of the molecule is O=C(c1csc(-c2cccs2)n1)N1CCN(S(=O)(=O)/C=C/c2ccccc2)CC1. The lowest BCUT2D eigenvalue weighted by Crippen LogP contribution is -2.50. The molecule has 2 aromatic heterocycles. The summed E-state index contributed by atoms with van der Waals surface area (Å²) in [5, 5.41) is 5.80. The molecule has 0 atom stereocenters. The van der Waals surface area contributed by atoms with Crippen LogP contribution in [0.25, 0.3) is 16.0 Å². The van der Waals surface area contributed by atoms with Crippen LogP contribution in [-0.2, 0) is 10.0 Å². The second-order valence-corrected chi connectivity index (χ2v) is 10.1. The number of carbonyl (C=O) groups is 1. The first-order valence-electron chi connectivity index (χ1n) is 9.05. The predicted molar refractivity (Wildman–Crippen MR) is 117 cm³/mol. The van der Waals surface area contributed by atoms with E-state index in [2.05, 4.69) is 4.98 Å². The quantitative estimate of drug-likeness (QED) is 0.601. The highest BCUT2D eigenvalue weighted by molar-refractivity contribution is 7.92. The van der Waals surface area contributed by atoms with E-state index in [1.807, 2.05) is 47.8 Å². The van der Waals surface area contributed by atoms with Crippen LogP contribution in [-0.4, -0.2) is 54.7 Å². The third-order valence-corrected chi connectivity index (χ3v) is 8.02. The van der Waals surface area contributed by atoms with Gasteiger partial charge in [-0.25, -0.2) is 13.4 Å². The number of thiazole rings is 1. The van der Waals surface area contributed by atoms with Crippen LogP contribution in [0.2, 0.25) is 0 Å². The molecular weight excluding hydrogens is 426 g/mol. The standard InChI is InChI=1S/C20H19N3O3S3/c24-20(17-15-28-19(21-17)18-7-4-13-27-18)22-9-11-23(12-10-22)29(25,26)14-8-16-5-2-1-3-6-16/h1-8,13-15H,9-12H2/b14-8+. The monoisotopic (exact) mass is 445 g/mol. The average Bonchev–Trinajstić information content (AvgIpc) is 3.44. The second kappa shape index (κ2) is 8.58. The summed E-state index contributed by atoms with van der Waals surface area (Å²) in [5.74, 6) is -0.152. The fourth-order valence-electron chi connectivity index (χ4n) is 3.01. The number of carbonyl (C=O) groups excluding carboxylic acids is 1. The number of hydrogen-bond donors (Lipinski definition) is 0. The van der Waals surface area contributed by atoms with Crippen molar-refractivity contribution in [1.82, 2.24) is 14.2 Å². The molecule has 3 aromatic rings. The van der Waals surface area contributed by atoms with Gasteiger partial charge in [0, 0.05) is 37.0 Å². The number of rotatable bonds is 5. The van der Waals surface area contributed by atoms with Crippen LogP contribution in [0.15, 0.2) is 58.6 Å². The van der Waals surface area contributed by atoms with Gasteiger partial charge in [0.2, 0.25) is 10.0 Å². The Morgan fingerprint density at radius 1 is 1.00 bits per heavy atom. The molecular formula is C20H19N3O3S3. The summed E-state index contributed by atoms with van der Waals surface area (Å²) in [6.07, 6.45) is 1.59. The van der Waals surface area contributed by atoms with E-state index in [4.69, 9.17) is 0 Å². The zero-order valence-electron chi connectivity index (χ0n) is 15.5. The minimum Gasteiger partial charge on any atom is -0.335 e. The molecule has 0 radical (unpaired) electrons. The predicted octanol–water partition coefficient (Wildman–Crippen LogP) is 3.63. The number of benzene rings is 1. The molecule has 4 rings (SSSR count). The van der Waals surface area contributed by atoms with Crippen molar-refractivity contribution >= 4 is 44.7 Å². The van der Waals surface area contributed by atoms with Gasteiger partial charge in [0.25, 0.3) is 5.91 Å². The zero-order valence-corrected chi connectivity index (χ0v) is 17.9. The Balaban J connectivity index is 1.37. The Labute approximate surface area is 177 Å². The van der Waals surface area contributed by atoms with Crippen LogP contribution >= 0.6 is 22.7 Å². The van der Waals surface area contributed by atoms with E-state index in [1.54, 1.807) is 27.7 Å². The number of piperazine rings is 1. The summed E-state index contributed by atoms with van der Waals surface area (Å²) >= 11 is 3.03. The lowest BCUT2D eigenvalue weighted by atomic mass is 10.2. The second-order valence-electron chi connectivity index (χ2n) is 6.46. The zero-order chi connectivity index (χ0) is 20.3. The number of hydrogen-bond acceptors (Lipinski definition) is 6. The smallest absolute Gasteiger partial charge is 0.273 e. The fraction of sp³-hybridized carbons (Fsp3) is 0.200. The van der Waals surface area contributed by atoms with Gasteiger partial charge < -0.3 is 4.90 Å². The van der Waals surface area contributed by atoms with Crippen molar-refractivity contribution in [3.05, 3.63) is 69.9 Å². The van der Waals surface area contributed by atoms with Crippen LogP contribution in [0.3, 0.4) is 0 Å². The van der Waals surface area contributed by atoms with Crippen molar-refractivity contribution in [3.63, 3.8) is 0 Å². The van der Waals surface area contributed by atoms with Gasteiger partial charge >= 0.3 is 0 Å². The van der Waals surface area contributed by atoms with E-state index in [0.29, 0.717) is 18.8 Å². The Morgan fingerprint density at radius 3 is 2.45 bits per heavy atom. The normalized spacial score (nSPS) is 15.8. The maximum atomic E-state index is 12.7. The molecule has 0 unspecified atom stereocenters. The highest BCUT2D eigenvalue weighted by Gasteiger charge is 2.28. The van der Waals surface area contributed by atoms with Crippen LogP contribution in [0.1, 0.15) is 16.1 Å². The molecule has 1 aliphatic heterocycles. The molecule has 6 nitrogen and oxygen atoms in total. The van der Waals surface area contributed by atoms with E-state index in [0.717, 1.165) is 15.4 Å². The molecule has 0 aliphatic carbocycles. The van der Waals surface area contributed by atoms with Gasteiger partial charge in [0.15, 0.2) is 0 Å². The van der Waals surface area contributed by atoms with Crippen LogP contribution in [0, 0.1) is 0 Å². The Bertz CT molecular complexity index is 1100. The molecule has 150 valence electrons. The minimum atomic E-state index is -3.52. The van der Waals surface area contributed by atoms with Crippen molar-refractivity contribution in [2.75, 3.05) is 26.2 Å². The van der Waals surface area contributed by atoms with Crippen molar-refractivity contribution in [1.29, 1.82) is 0 Å².